The van der Waals surface area contributed by atoms with Crippen LogP contribution in [0.4, 0.5) is 9.59 Å². The van der Waals surface area contributed by atoms with E-state index in [0.717, 1.165) is 5.56 Å². The van der Waals surface area contributed by atoms with Gasteiger partial charge in [0.15, 0.2) is 0 Å². The van der Waals surface area contributed by atoms with Gasteiger partial charge in [-0.2, -0.15) is 0 Å². The summed E-state index contributed by atoms with van der Waals surface area (Å²) in [6, 6.07) is 30.6. The molecule has 0 unspecified atom stereocenters. The van der Waals surface area contributed by atoms with Crippen molar-refractivity contribution in [2.24, 2.45) is 5.92 Å². The standard InChI is InChI=1S/C40H56N2O7Si/c1-39(2,3)49-38(44)42-24-22-36(41-37(43)47-31-32-16-10-7-11-17-32)33(30-42)23-25-45-26-27-46-28-29-48-50(40(4,5)6,34-18-12-8-13-19-34)35-20-14-9-15-21-35/h7-21,33,36H,22-31H2,1-6H3,(H,41,43)/t33-,36-/m0/s1. The highest BCUT2D eigenvalue weighted by Crippen LogP contribution is 2.36. The number of nitrogens with zero attached hydrogens (tertiary/aromatic N) is 1. The summed E-state index contributed by atoms with van der Waals surface area (Å²) in [5, 5.41) is 5.43. The Hall–Kier alpha value is -3.70. The number of carbonyl (C=O) groups is 2. The summed E-state index contributed by atoms with van der Waals surface area (Å²) < 4.78 is 30.0. The van der Waals surface area contributed by atoms with Crippen LogP contribution >= 0.6 is 0 Å². The van der Waals surface area contributed by atoms with E-state index in [1.54, 1.807) is 4.90 Å². The SMILES string of the molecule is CC(C)(C)OC(=O)N1CC[C@H](NC(=O)OCc2ccccc2)[C@@H](CCOCCOCCO[Si](c2ccccc2)(c2ccccc2)C(C)(C)C)C1. The molecule has 1 saturated heterocycles. The molecular formula is C40H56N2O7Si. The molecule has 9 nitrogen and oxygen atoms in total. The molecule has 0 aromatic heterocycles. The molecule has 0 spiro atoms. The van der Waals surface area contributed by atoms with Crippen LogP contribution in [-0.2, 0) is 30.0 Å². The average molecular weight is 705 g/mol. The van der Waals surface area contributed by atoms with Crippen LogP contribution < -0.4 is 15.7 Å². The number of piperidine rings is 1. The molecule has 10 heteroatoms. The average Bonchev–Trinajstić information content (AvgIpc) is 3.09. The summed E-state index contributed by atoms with van der Waals surface area (Å²) in [4.78, 5) is 27.3. The molecule has 0 saturated carbocycles. The molecule has 2 amide bonds. The van der Waals surface area contributed by atoms with E-state index in [1.807, 2.05) is 63.2 Å². The highest BCUT2D eigenvalue weighted by molar-refractivity contribution is 6.99. The van der Waals surface area contributed by atoms with Gasteiger partial charge in [0, 0.05) is 25.7 Å². The summed E-state index contributed by atoms with van der Waals surface area (Å²) in [5.74, 6) is -0.0266. The number of benzene rings is 3. The third kappa shape index (κ3) is 11.4. The molecule has 0 radical (unpaired) electrons. The largest absolute Gasteiger partial charge is 0.445 e. The lowest BCUT2D eigenvalue weighted by Gasteiger charge is -2.43. The predicted molar refractivity (Wildman–Crippen MR) is 199 cm³/mol. The molecular weight excluding hydrogens is 649 g/mol. The van der Waals surface area contributed by atoms with Crippen molar-refractivity contribution >= 4 is 30.9 Å². The van der Waals surface area contributed by atoms with Gasteiger partial charge in [-0.05, 0) is 60.5 Å². The number of alkyl carbamates (subject to hydrolysis) is 1. The minimum atomic E-state index is -2.61. The van der Waals surface area contributed by atoms with E-state index in [2.05, 4.69) is 74.6 Å². The number of ether oxygens (including phenoxy) is 4. The van der Waals surface area contributed by atoms with Gasteiger partial charge in [0.1, 0.15) is 12.2 Å². The van der Waals surface area contributed by atoms with Crippen molar-refractivity contribution in [2.75, 3.05) is 46.1 Å². The van der Waals surface area contributed by atoms with Crippen LogP contribution in [0.25, 0.3) is 0 Å². The Labute approximate surface area is 299 Å². The second kappa shape index (κ2) is 18.5. The molecule has 272 valence electrons. The fraction of sp³-hybridized carbons (Fsp3) is 0.500. The molecule has 3 aromatic rings. The van der Waals surface area contributed by atoms with Gasteiger partial charge >= 0.3 is 12.2 Å². The summed E-state index contributed by atoms with van der Waals surface area (Å²) >= 11 is 0. The highest BCUT2D eigenvalue weighted by atomic mass is 28.4. The van der Waals surface area contributed by atoms with Gasteiger partial charge in [0.05, 0.1) is 26.4 Å². The highest BCUT2D eigenvalue weighted by Gasteiger charge is 2.50. The quantitative estimate of drug-likeness (QED) is 0.142. The van der Waals surface area contributed by atoms with E-state index in [1.165, 1.54) is 10.4 Å². The first kappa shape index (κ1) is 39.1. The van der Waals surface area contributed by atoms with E-state index in [0.29, 0.717) is 59.0 Å². The fourth-order valence-electron chi connectivity index (χ4n) is 6.50. The van der Waals surface area contributed by atoms with Gasteiger partial charge in [0.25, 0.3) is 8.32 Å². The molecule has 1 aliphatic heterocycles. The summed E-state index contributed by atoms with van der Waals surface area (Å²) in [5.41, 5.74) is 0.334. The monoisotopic (exact) mass is 704 g/mol. The number of carbonyl (C=O) groups excluding carboxylic acids is 2. The zero-order chi connectivity index (χ0) is 36.0. The van der Waals surface area contributed by atoms with Gasteiger partial charge in [-0.25, -0.2) is 9.59 Å². The van der Waals surface area contributed by atoms with E-state index < -0.39 is 20.0 Å². The topological polar surface area (TPSA) is 95.6 Å². The molecule has 0 aliphatic carbocycles. The number of amides is 2. The Morgan fingerprint density at radius 3 is 1.86 bits per heavy atom. The molecule has 1 N–H and O–H groups in total. The minimum Gasteiger partial charge on any atom is -0.445 e. The van der Waals surface area contributed by atoms with E-state index in [9.17, 15) is 9.59 Å². The van der Waals surface area contributed by atoms with E-state index in [4.69, 9.17) is 23.4 Å². The van der Waals surface area contributed by atoms with Crippen LogP contribution in [0.2, 0.25) is 5.04 Å². The Morgan fingerprint density at radius 1 is 0.760 bits per heavy atom. The number of nitrogens with one attached hydrogen (secondary N) is 1. The Morgan fingerprint density at radius 2 is 1.30 bits per heavy atom. The summed E-state index contributed by atoms with van der Waals surface area (Å²) in [6.07, 6.45) is 0.435. The number of hydrogen-bond acceptors (Lipinski definition) is 7. The lowest BCUT2D eigenvalue weighted by molar-refractivity contribution is 0.00541. The molecule has 1 fully saturated rings. The molecule has 4 rings (SSSR count). The zero-order valence-corrected chi connectivity index (χ0v) is 31.7. The van der Waals surface area contributed by atoms with Gasteiger partial charge in [-0.1, -0.05) is 112 Å². The first-order valence-corrected chi connectivity index (χ1v) is 19.7. The third-order valence-corrected chi connectivity index (χ3v) is 13.9. The predicted octanol–water partition coefficient (Wildman–Crippen LogP) is 6.54. The van der Waals surface area contributed by atoms with Crippen LogP contribution in [-0.4, -0.2) is 83.2 Å². The Bertz CT molecular complexity index is 1410. The minimum absolute atomic E-state index is 0.0266. The lowest BCUT2D eigenvalue weighted by Crippen LogP contribution is -2.66. The van der Waals surface area contributed by atoms with Crippen molar-refractivity contribution in [1.82, 2.24) is 10.2 Å². The van der Waals surface area contributed by atoms with Gasteiger partial charge in [-0.15, -0.1) is 0 Å². The molecule has 0 bridgehead atoms. The van der Waals surface area contributed by atoms with Crippen molar-refractivity contribution in [3.8, 4) is 0 Å². The normalized spacial score (nSPS) is 16.9. The molecule has 1 aliphatic rings. The molecule has 1 heterocycles. The first-order valence-electron chi connectivity index (χ1n) is 17.7. The van der Waals surface area contributed by atoms with E-state index in [-0.39, 0.29) is 29.7 Å². The van der Waals surface area contributed by atoms with Crippen molar-refractivity contribution in [1.29, 1.82) is 0 Å². The fourth-order valence-corrected chi connectivity index (χ4v) is 11.0. The smallest absolute Gasteiger partial charge is 0.410 e. The van der Waals surface area contributed by atoms with Gasteiger partial charge < -0.3 is 33.6 Å². The second-order valence-corrected chi connectivity index (χ2v) is 19.1. The summed E-state index contributed by atoms with van der Waals surface area (Å²) in [6.45, 7) is 15.8. The second-order valence-electron chi connectivity index (χ2n) is 14.8. The molecule has 3 aromatic carbocycles. The number of likely N-dealkylation sites (tertiary alicyclic amines) is 1. The van der Waals surface area contributed by atoms with Crippen LogP contribution in [0, 0.1) is 5.92 Å². The maximum absolute atomic E-state index is 12.9. The van der Waals surface area contributed by atoms with Crippen LogP contribution in [0.1, 0.15) is 59.9 Å². The zero-order valence-electron chi connectivity index (χ0n) is 30.7. The molecule has 50 heavy (non-hydrogen) atoms. The maximum atomic E-state index is 12.9. The first-order chi connectivity index (χ1) is 23.9. The van der Waals surface area contributed by atoms with Crippen molar-refractivity contribution in [3.05, 3.63) is 96.6 Å². The van der Waals surface area contributed by atoms with E-state index >= 15 is 0 Å². The van der Waals surface area contributed by atoms with Crippen molar-refractivity contribution < 1.29 is 33.0 Å². The molecule has 2 atom stereocenters. The Balaban J connectivity index is 1.25. The van der Waals surface area contributed by atoms with Crippen LogP contribution in [0.15, 0.2) is 91.0 Å². The van der Waals surface area contributed by atoms with Crippen molar-refractivity contribution in [2.45, 2.75) is 77.7 Å². The van der Waals surface area contributed by atoms with Crippen LogP contribution in [0.3, 0.4) is 0 Å². The Kier molecular flexibility index (Phi) is 14.5. The number of rotatable bonds is 15. The third-order valence-electron chi connectivity index (χ3n) is 8.87. The summed E-state index contributed by atoms with van der Waals surface area (Å²) in [7, 11) is -2.61. The van der Waals surface area contributed by atoms with Crippen LogP contribution in [0.5, 0.6) is 0 Å². The number of hydrogen-bond donors (Lipinski definition) is 1. The lowest BCUT2D eigenvalue weighted by atomic mass is 9.90. The van der Waals surface area contributed by atoms with Gasteiger partial charge in [0.2, 0.25) is 0 Å². The van der Waals surface area contributed by atoms with Gasteiger partial charge in [-0.3, -0.25) is 0 Å². The van der Waals surface area contributed by atoms with Crippen molar-refractivity contribution in [3.63, 3.8) is 0 Å². The maximum Gasteiger partial charge on any atom is 0.410 e.